The maximum Gasteiger partial charge on any atom is 0.310 e. The molecular formula is C8H7FINO2. The van der Waals surface area contributed by atoms with Crippen molar-refractivity contribution in [1.29, 1.82) is 0 Å². The lowest BCUT2D eigenvalue weighted by Gasteiger charge is -2.02. The van der Waals surface area contributed by atoms with Crippen LogP contribution in [0.2, 0.25) is 0 Å². The van der Waals surface area contributed by atoms with Crippen molar-refractivity contribution < 1.29 is 13.9 Å². The SMILES string of the molecule is COC(=O)Cc1c(I)ccnc1F. The Labute approximate surface area is 88.4 Å². The standard InChI is InChI=1S/C8H7FINO2/c1-13-7(12)4-5-6(10)2-3-11-8(5)9/h2-3H,4H2,1H3. The number of aromatic nitrogens is 1. The van der Waals surface area contributed by atoms with Crippen molar-refractivity contribution >= 4 is 28.6 Å². The minimum absolute atomic E-state index is 0.0750. The Morgan fingerprint density at radius 3 is 3.00 bits per heavy atom. The van der Waals surface area contributed by atoms with Crippen LogP contribution in [0.1, 0.15) is 5.56 Å². The van der Waals surface area contributed by atoms with Gasteiger partial charge in [0.2, 0.25) is 5.95 Å². The summed E-state index contributed by atoms with van der Waals surface area (Å²) in [5.41, 5.74) is 0.287. The molecule has 0 N–H and O–H groups in total. The highest BCUT2D eigenvalue weighted by Gasteiger charge is 2.12. The second-order valence-electron chi connectivity index (χ2n) is 2.32. The third-order valence-corrected chi connectivity index (χ3v) is 2.51. The molecule has 0 saturated heterocycles. The maximum atomic E-state index is 13.0. The van der Waals surface area contributed by atoms with Gasteiger partial charge in [-0.05, 0) is 28.7 Å². The Morgan fingerprint density at radius 2 is 2.46 bits per heavy atom. The van der Waals surface area contributed by atoms with Crippen LogP contribution in [0.5, 0.6) is 0 Å². The highest BCUT2D eigenvalue weighted by molar-refractivity contribution is 14.1. The van der Waals surface area contributed by atoms with Crippen LogP contribution < -0.4 is 0 Å². The monoisotopic (exact) mass is 295 g/mol. The van der Waals surface area contributed by atoms with E-state index in [-0.39, 0.29) is 12.0 Å². The summed E-state index contributed by atoms with van der Waals surface area (Å²) in [6.45, 7) is 0. The second-order valence-corrected chi connectivity index (χ2v) is 3.48. The molecule has 0 aliphatic heterocycles. The van der Waals surface area contributed by atoms with E-state index in [1.54, 1.807) is 6.07 Å². The molecule has 0 saturated carbocycles. The van der Waals surface area contributed by atoms with Gasteiger partial charge in [-0.3, -0.25) is 4.79 Å². The van der Waals surface area contributed by atoms with Crippen molar-refractivity contribution in [2.45, 2.75) is 6.42 Å². The summed E-state index contributed by atoms with van der Waals surface area (Å²) in [6.07, 6.45) is 1.28. The predicted molar refractivity (Wildman–Crippen MR) is 52.6 cm³/mol. The lowest BCUT2D eigenvalue weighted by Crippen LogP contribution is -2.08. The van der Waals surface area contributed by atoms with Gasteiger partial charge in [0.05, 0.1) is 13.5 Å². The van der Waals surface area contributed by atoms with Gasteiger partial charge >= 0.3 is 5.97 Å². The van der Waals surface area contributed by atoms with Crippen LogP contribution in [-0.4, -0.2) is 18.1 Å². The van der Waals surface area contributed by atoms with E-state index in [1.165, 1.54) is 13.3 Å². The number of rotatable bonds is 2. The zero-order chi connectivity index (χ0) is 9.84. The molecule has 0 spiro atoms. The molecule has 1 rings (SSSR count). The Hall–Kier alpha value is -0.720. The molecule has 0 unspecified atom stereocenters. The van der Waals surface area contributed by atoms with Crippen LogP contribution in [0, 0.1) is 9.52 Å². The van der Waals surface area contributed by atoms with E-state index in [0.29, 0.717) is 3.57 Å². The summed E-state index contributed by atoms with van der Waals surface area (Å²) in [6, 6.07) is 1.64. The minimum atomic E-state index is -0.614. The fraction of sp³-hybridized carbons (Fsp3) is 0.250. The van der Waals surface area contributed by atoms with Crippen LogP contribution in [0.3, 0.4) is 0 Å². The molecular weight excluding hydrogens is 288 g/mol. The first-order chi connectivity index (χ1) is 6.15. The number of hydrogen-bond acceptors (Lipinski definition) is 3. The van der Waals surface area contributed by atoms with Crippen molar-refractivity contribution in [1.82, 2.24) is 4.98 Å². The number of carbonyl (C=O) groups is 1. The van der Waals surface area contributed by atoms with Crippen molar-refractivity contribution in [3.63, 3.8) is 0 Å². The van der Waals surface area contributed by atoms with Crippen molar-refractivity contribution in [3.8, 4) is 0 Å². The topological polar surface area (TPSA) is 39.2 Å². The van der Waals surface area contributed by atoms with E-state index < -0.39 is 11.9 Å². The molecule has 1 aromatic heterocycles. The van der Waals surface area contributed by atoms with E-state index in [4.69, 9.17) is 0 Å². The Morgan fingerprint density at radius 1 is 1.77 bits per heavy atom. The average molecular weight is 295 g/mol. The highest BCUT2D eigenvalue weighted by Crippen LogP contribution is 2.14. The zero-order valence-corrected chi connectivity index (χ0v) is 9.04. The minimum Gasteiger partial charge on any atom is -0.469 e. The third-order valence-electron chi connectivity index (χ3n) is 1.49. The Bertz CT molecular complexity index is 310. The average Bonchev–Trinajstić information content (AvgIpc) is 2.11. The summed E-state index contributed by atoms with van der Waals surface area (Å²) in [4.78, 5) is 14.3. The largest absolute Gasteiger partial charge is 0.469 e. The highest BCUT2D eigenvalue weighted by atomic mass is 127. The molecule has 70 valence electrons. The molecule has 0 radical (unpaired) electrons. The molecule has 3 nitrogen and oxygen atoms in total. The normalized spacial score (nSPS) is 9.77. The summed E-state index contributed by atoms with van der Waals surface area (Å²) in [7, 11) is 1.27. The van der Waals surface area contributed by atoms with E-state index >= 15 is 0 Å². The van der Waals surface area contributed by atoms with Crippen LogP contribution in [0.15, 0.2) is 12.3 Å². The van der Waals surface area contributed by atoms with E-state index in [9.17, 15) is 9.18 Å². The number of halogens is 2. The maximum absolute atomic E-state index is 13.0. The van der Waals surface area contributed by atoms with Crippen LogP contribution in [0.25, 0.3) is 0 Å². The van der Waals surface area contributed by atoms with Gasteiger partial charge in [-0.15, -0.1) is 0 Å². The smallest absolute Gasteiger partial charge is 0.310 e. The molecule has 0 aromatic carbocycles. The fourth-order valence-electron chi connectivity index (χ4n) is 0.819. The van der Waals surface area contributed by atoms with Crippen molar-refractivity contribution in [3.05, 3.63) is 27.3 Å². The Kier molecular flexibility index (Phi) is 3.58. The number of ether oxygens (including phenoxy) is 1. The molecule has 0 aliphatic carbocycles. The van der Waals surface area contributed by atoms with E-state index in [2.05, 4.69) is 9.72 Å². The summed E-state index contributed by atoms with van der Waals surface area (Å²) >= 11 is 1.95. The zero-order valence-electron chi connectivity index (χ0n) is 6.88. The van der Waals surface area contributed by atoms with Gasteiger partial charge in [-0.2, -0.15) is 4.39 Å². The molecule has 0 fully saturated rings. The number of carbonyl (C=O) groups excluding carboxylic acids is 1. The number of esters is 1. The lowest BCUT2D eigenvalue weighted by atomic mass is 10.2. The van der Waals surface area contributed by atoms with Crippen molar-refractivity contribution in [2.75, 3.05) is 7.11 Å². The van der Waals surface area contributed by atoms with Gasteiger partial charge < -0.3 is 4.74 Å². The summed E-state index contributed by atoms with van der Waals surface area (Å²) in [5.74, 6) is -1.08. The Balaban J connectivity index is 2.93. The molecule has 0 atom stereocenters. The number of nitrogens with zero attached hydrogens (tertiary/aromatic N) is 1. The van der Waals surface area contributed by atoms with Crippen molar-refractivity contribution in [2.24, 2.45) is 0 Å². The van der Waals surface area contributed by atoms with Crippen LogP contribution in [-0.2, 0) is 16.0 Å². The molecule has 5 heteroatoms. The first kappa shape index (κ1) is 10.4. The fourth-order valence-corrected chi connectivity index (χ4v) is 1.39. The van der Waals surface area contributed by atoms with Crippen LogP contribution in [0.4, 0.5) is 4.39 Å². The third kappa shape index (κ3) is 2.61. The summed E-state index contributed by atoms with van der Waals surface area (Å²) in [5, 5.41) is 0. The molecule has 0 bridgehead atoms. The van der Waals surface area contributed by atoms with E-state index in [1.807, 2.05) is 22.6 Å². The van der Waals surface area contributed by atoms with Gasteiger partial charge in [0, 0.05) is 15.3 Å². The predicted octanol–water partition coefficient (Wildman–Crippen LogP) is 1.54. The molecule has 13 heavy (non-hydrogen) atoms. The van der Waals surface area contributed by atoms with Crippen LogP contribution >= 0.6 is 22.6 Å². The second kappa shape index (κ2) is 4.50. The lowest BCUT2D eigenvalue weighted by molar-refractivity contribution is -0.139. The molecule has 0 aliphatic rings. The van der Waals surface area contributed by atoms with Gasteiger partial charge in [-0.25, -0.2) is 4.98 Å². The quantitative estimate of drug-likeness (QED) is 0.472. The van der Waals surface area contributed by atoms with Gasteiger partial charge in [0.15, 0.2) is 0 Å². The number of hydrogen-bond donors (Lipinski definition) is 0. The van der Waals surface area contributed by atoms with Gasteiger partial charge in [0.1, 0.15) is 0 Å². The molecule has 0 amide bonds. The van der Waals surface area contributed by atoms with E-state index in [0.717, 1.165) is 0 Å². The van der Waals surface area contributed by atoms with Gasteiger partial charge in [-0.1, -0.05) is 0 Å². The molecule has 1 aromatic rings. The first-order valence-corrected chi connectivity index (χ1v) is 4.58. The van der Waals surface area contributed by atoms with Gasteiger partial charge in [0.25, 0.3) is 0 Å². The summed E-state index contributed by atoms with van der Waals surface area (Å²) < 4.78 is 18.1. The molecule has 1 heterocycles. The number of pyridine rings is 1. The number of methoxy groups -OCH3 is 1. The first-order valence-electron chi connectivity index (χ1n) is 3.51.